The van der Waals surface area contributed by atoms with E-state index in [9.17, 15) is 4.79 Å². The van der Waals surface area contributed by atoms with Crippen molar-refractivity contribution >= 4 is 29.0 Å². The van der Waals surface area contributed by atoms with Gasteiger partial charge in [0.2, 0.25) is 0 Å². The molecule has 0 bridgehead atoms. The lowest BCUT2D eigenvalue weighted by Crippen LogP contribution is -2.24. The van der Waals surface area contributed by atoms with Gasteiger partial charge in [0.15, 0.2) is 0 Å². The Morgan fingerprint density at radius 1 is 1.41 bits per heavy atom. The van der Waals surface area contributed by atoms with Gasteiger partial charge in [0.05, 0.1) is 0 Å². The van der Waals surface area contributed by atoms with Crippen LogP contribution in [0.5, 0.6) is 0 Å². The Labute approximate surface area is 112 Å². The van der Waals surface area contributed by atoms with Crippen LogP contribution in [-0.2, 0) is 11.2 Å². The Kier molecular flexibility index (Phi) is 5.96. The minimum Gasteiger partial charge on any atom is -0.327 e. The minimum absolute atomic E-state index is 0.0505. The molecule has 1 aromatic rings. The van der Waals surface area contributed by atoms with Crippen LogP contribution in [0.3, 0.4) is 0 Å². The van der Waals surface area contributed by atoms with Crippen LogP contribution in [0, 0.1) is 0 Å². The fraction of sp³-hybridized carbons (Fsp3) is 0.462. The molecule has 0 saturated carbocycles. The van der Waals surface area contributed by atoms with Crippen molar-refractivity contribution in [2.75, 3.05) is 0 Å². The number of hydrogen-bond donors (Lipinski definition) is 1. The average molecular weight is 274 g/mol. The quantitative estimate of drug-likeness (QED) is 0.860. The molecule has 1 unspecified atom stereocenters. The van der Waals surface area contributed by atoms with Gasteiger partial charge in [0, 0.05) is 28.9 Å². The summed E-state index contributed by atoms with van der Waals surface area (Å²) in [6.45, 7) is 2.05. The van der Waals surface area contributed by atoms with Crippen molar-refractivity contribution in [2.45, 2.75) is 38.6 Å². The van der Waals surface area contributed by atoms with Crippen LogP contribution < -0.4 is 5.73 Å². The third-order valence-electron chi connectivity index (χ3n) is 2.54. The summed E-state index contributed by atoms with van der Waals surface area (Å²) in [5.41, 5.74) is 6.60. The Morgan fingerprint density at radius 3 is 2.76 bits per heavy atom. The molecule has 0 heterocycles. The number of carbonyl (C=O) groups is 1. The van der Waals surface area contributed by atoms with Gasteiger partial charge in [0.25, 0.3) is 0 Å². The normalized spacial score (nSPS) is 12.5. The average Bonchev–Trinajstić information content (AvgIpc) is 2.23. The standard InChI is InChI=1S/C13H17Cl2NO/c1-2-3-11(16)8-12(17)7-9-6-10(14)4-5-13(9)15/h4-6,11H,2-3,7-8,16H2,1H3. The van der Waals surface area contributed by atoms with Crippen LogP contribution in [0.15, 0.2) is 18.2 Å². The van der Waals surface area contributed by atoms with E-state index in [2.05, 4.69) is 6.92 Å². The summed E-state index contributed by atoms with van der Waals surface area (Å²) in [6.07, 6.45) is 2.56. The molecule has 0 aliphatic carbocycles. The molecule has 1 aromatic carbocycles. The molecule has 17 heavy (non-hydrogen) atoms. The van der Waals surface area contributed by atoms with Crippen molar-refractivity contribution in [3.8, 4) is 0 Å². The second-order valence-electron chi connectivity index (χ2n) is 4.20. The predicted octanol–water partition coefficient (Wildman–Crippen LogP) is 3.62. The lowest BCUT2D eigenvalue weighted by molar-refractivity contribution is -0.118. The van der Waals surface area contributed by atoms with E-state index in [1.165, 1.54) is 0 Å². The van der Waals surface area contributed by atoms with E-state index in [1.807, 2.05) is 0 Å². The molecular formula is C13H17Cl2NO. The number of nitrogens with two attached hydrogens (primary N) is 1. The van der Waals surface area contributed by atoms with Crippen LogP contribution in [0.1, 0.15) is 31.7 Å². The van der Waals surface area contributed by atoms with Crippen molar-refractivity contribution in [3.05, 3.63) is 33.8 Å². The maximum Gasteiger partial charge on any atom is 0.138 e. The topological polar surface area (TPSA) is 43.1 Å². The number of halogens is 2. The summed E-state index contributed by atoms with van der Waals surface area (Å²) >= 11 is 11.9. The maximum atomic E-state index is 11.8. The molecular weight excluding hydrogens is 257 g/mol. The molecule has 4 heteroatoms. The van der Waals surface area contributed by atoms with Gasteiger partial charge in [-0.05, 0) is 30.2 Å². The predicted molar refractivity (Wildman–Crippen MR) is 72.7 cm³/mol. The summed E-state index contributed by atoms with van der Waals surface area (Å²) in [6, 6.07) is 5.09. The zero-order valence-corrected chi connectivity index (χ0v) is 11.4. The fourth-order valence-corrected chi connectivity index (χ4v) is 2.11. The van der Waals surface area contributed by atoms with Gasteiger partial charge in [0.1, 0.15) is 5.78 Å². The number of carbonyl (C=O) groups excluding carboxylic acids is 1. The second-order valence-corrected chi connectivity index (χ2v) is 5.05. The smallest absolute Gasteiger partial charge is 0.138 e. The highest BCUT2D eigenvalue weighted by molar-refractivity contribution is 6.33. The van der Waals surface area contributed by atoms with Crippen molar-refractivity contribution in [3.63, 3.8) is 0 Å². The monoisotopic (exact) mass is 273 g/mol. The van der Waals surface area contributed by atoms with E-state index >= 15 is 0 Å². The third kappa shape index (κ3) is 5.07. The lowest BCUT2D eigenvalue weighted by atomic mass is 10.0. The molecule has 1 atom stereocenters. The first-order chi connectivity index (χ1) is 8.02. The second kappa shape index (κ2) is 7.00. The highest BCUT2D eigenvalue weighted by atomic mass is 35.5. The van der Waals surface area contributed by atoms with Gasteiger partial charge in [-0.25, -0.2) is 0 Å². The maximum absolute atomic E-state index is 11.8. The molecule has 2 N–H and O–H groups in total. The lowest BCUT2D eigenvalue weighted by Gasteiger charge is -2.09. The highest BCUT2D eigenvalue weighted by Gasteiger charge is 2.11. The summed E-state index contributed by atoms with van der Waals surface area (Å²) in [4.78, 5) is 11.8. The van der Waals surface area contributed by atoms with Gasteiger partial charge in [-0.1, -0.05) is 36.5 Å². The SMILES string of the molecule is CCCC(N)CC(=O)Cc1cc(Cl)ccc1Cl. The minimum atomic E-state index is -0.0505. The van der Waals surface area contributed by atoms with E-state index < -0.39 is 0 Å². The molecule has 0 radical (unpaired) electrons. The van der Waals surface area contributed by atoms with Crippen molar-refractivity contribution < 1.29 is 4.79 Å². The zero-order chi connectivity index (χ0) is 12.8. The molecule has 0 spiro atoms. The van der Waals surface area contributed by atoms with Gasteiger partial charge >= 0.3 is 0 Å². The molecule has 0 saturated heterocycles. The Morgan fingerprint density at radius 2 is 2.12 bits per heavy atom. The molecule has 1 rings (SSSR count). The number of ketones is 1. The van der Waals surface area contributed by atoms with Gasteiger partial charge in [-0.2, -0.15) is 0 Å². The van der Waals surface area contributed by atoms with Gasteiger partial charge in [-0.3, -0.25) is 4.79 Å². The first-order valence-electron chi connectivity index (χ1n) is 5.74. The van der Waals surface area contributed by atoms with E-state index in [0.717, 1.165) is 18.4 Å². The number of benzene rings is 1. The van der Waals surface area contributed by atoms with Gasteiger partial charge < -0.3 is 5.73 Å². The molecule has 0 fully saturated rings. The molecule has 0 aromatic heterocycles. The van der Waals surface area contributed by atoms with Crippen LogP contribution >= 0.6 is 23.2 Å². The number of rotatable bonds is 6. The van der Waals surface area contributed by atoms with Crippen molar-refractivity contribution in [1.82, 2.24) is 0 Å². The molecule has 94 valence electrons. The summed E-state index contributed by atoms with van der Waals surface area (Å²) in [7, 11) is 0. The Balaban J connectivity index is 2.58. The fourth-order valence-electron chi connectivity index (χ4n) is 1.73. The molecule has 0 aliphatic rings. The third-order valence-corrected chi connectivity index (χ3v) is 3.15. The Bertz CT molecular complexity index is 393. The van der Waals surface area contributed by atoms with Crippen LogP contribution in [-0.4, -0.2) is 11.8 Å². The van der Waals surface area contributed by atoms with E-state index in [-0.39, 0.29) is 11.8 Å². The summed E-state index contributed by atoms with van der Waals surface area (Å²) < 4.78 is 0. The number of Topliss-reactive ketones (excluding diaryl/α,β-unsaturated/α-hetero) is 1. The molecule has 2 nitrogen and oxygen atoms in total. The van der Waals surface area contributed by atoms with E-state index in [1.54, 1.807) is 18.2 Å². The van der Waals surface area contributed by atoms with Crippen LogP contribution in [0.2, 0.25) is 10.0 Å². The largest absolute Gasteiger partial charge is 0.327 e. The summed E-state index contributed by atoms with van der Waals surface area (Å²) in [5.74, 6) is 0.107. The first-order valence-corrected chi connectivity index (χ1v) is 6.49. The Hall–Kier alpha value is -0.570. The highest BCUT2D eigenvalue weighted by Crippen LogP contribution is 2.21. The van der Waals surface area contributed by atoms with Crippen molar-refractivity contribution in [1.29, 1.82) is 0 Å². The molecule has 0 amide bonds. The van der Waals surface area contributed by atoms with Gasteiger partial charge in [-0.15, -0.1) is 0 Å². The van der Waals surface area contributed by atoms with E-state index in [0.29, 0.717) is 22.9 Å². The van der Waals surface area contributed by atoms with Crippen LogP contribution in [0.4, 0.5) is 0 Å². The van der Waals surface area contributed by atoms with Crippen LogP contribution in [0.25, 0.3) is 0 Å². The first kappa shape index (κ1) is 14.5. The number of hydrogen-bond acceptors (Lipinski definition) is 2. The molecule has 0 aliphatic heterocycles. The van der Waals surface area contributed by atoms with E-state index in [4.69, 9.17) is 28.9 Å². The van der Waals surface area contributed by atoms with Crippen molar-refractivity contribution in [2.24, 2.45) is 5.73 Å². The zero-order valence-electron chi connectivity index (χ0n) is 9.88. The summed E-state index contributed by atoms with van der Waals surface area (Å²) in [5, 5.41) is 1.17.